The number of methoxy groups -OCH3 is 1. The molecule has 0 radical (unpaired) electrons. The van der Waals surface area contributed by atoms with Gasteiger partial charge in [-0.25, -0.2) is 0 Å². The van der Waals surface area contributed by atoms with E-state index in [1.807, 2.05) is 18.2 Å². The number of aromatic nitrogens is 2. The van der Waals surface area contributed by atoms with Crippen LogP contribution in [-0.2, 0) is 34.0 Å². The van der Waals surface area contributed by atoms with Crippen molar-refractivity contribution in [2.75, 3.05) is 38.7 Å². The molecule has 1 fully saturated rings. The zero-order valence-corrected chi connectivity index (χ0v) is 19.4. The van der Waals surface area contributed by atoms with Crippen LogP contribution >= 0.6 is 11.6 Å². The number of nitrogens with zero attached hydrogens (tertiary/aromatic N) is 4. The number of anilines is 1. The van der Waals surface area contributed by atoms with Crippen LogP contribution in [-0.4, -0.2) is 53.8 Å². The molecule has 0 atom stereocenters. The third-order valence-electron chi connectivity index (χ3n) is 5.05. The third-order valence-corrected chi connectivity index (χ3v) is 5.36. The van der Waals surface area contributed by atoms with Crippen molar-refractivity contribution in [1.29, 1.82) is 0 Å². The van der Waals surface area contributed by atoms with Crippen molar-refractivity contribution in [3.8, 4) is 11.9 Å². The van der Waals surface area contributed by atoms with Crippen molar-refractivity contribution in [2.24, 2.45) is 0 Å². The summed E-state index contributed by atoms with van der Waals surface area (Å²) in [4.78, 5) is 12.8. The summed E-state index contributed by atoms with van der Waals surface area (Å²) < 4.78 is 5.07. The van der Waals surface area contributed by atoms with E-state index < -0.39 is 0 Å². The number of benzene rings is 2. The van der Waals surface area contributed by atoms with Crippen molar-refractivity contribution in [2.45, 2.75) is 13.0 Å². The van der Waals surface area contributed by atoms with Crippen LogP contribution in [0.2, 0.25) is 5.02 Å². The zero-order chi connectivity index (χ0) is 19.7. The molecule has 1 N–H and O–H groups in total. The van der Waals surface area contributed by atoms with Crippen LogP contribution < -0.4 is 9.64 Å². The molecule has 5 rings (SSSR count). The van der Waals surface area contributed by atoms with Gasteiger partial charge in [-0.2, -0.15) is 9.97 Å². The minimum atomic E-state index is 0. The maximum Gasteiger partial charge on any atom is 0.319 e. The minimum Gasteiger partial charge on any atom is -0.493 e. The predicted molar refractivity (Wildman–Crippen MR) is 111 cm³/mol. The Morgan fingerprint density at radius 3 is 2.41 bits per heavy atom. The molecule has 0 unspecified atom stereocenters. The Balaban J connectivity index is 0.000000431. The molecule has 0 aliphatic carbocycles. The van der Waals surface area contributed by atoms with Crippen LogP contribution in [0, 0.1) is 0 Å². The number of rotatable bonds is 2. The van der Waals surface area contributed by atoms with Crippen LogP contribution in [0.25, 0.3) is 10.8 Å². The van der Waals surface area contributed by atoms with Crippen molar-refractivity contribution in [1.82, 2.24) is 14.9 Å². The largest absolute Gasteiger partial charge is 0.493 e. The van der Waals surface area contributed by atoms with Crippen LogP contribution in [0.5, 0.6) is 11.9 Å². The molecule has 2 aliphatic rings. The van der Waals surface area contributed by atoms with Gasteiger partial charge < -0.3 is 19.6 Å². The topological polar surface area (TPSA) is 61.5 Å². The summed E-state index contributed by atoms with van der Waals surface area (Å²) in [5.41, 5.74) is 2.65. The first-order chi connectivity index (χ1) is 13.6. The molecule has 156 valence electrons. The number of fused-ring (bicyclic) bond motifs is 2. The average molecular weight is 594 g/mol. The van der Waals surface area contributed by atoms with Gasteiger partial charge in [0, 0.05) is 57.3 Å². The standard InChI is InChI=1S/C18H16ClN3O2.C3H7N.Pt/c1-24-18-20-14-10-22(9-8-12(14)17(23)21-18)15-7-3-5-11-4-2-6-13(19)16(11)15;1-4-2-3-4;/h2-7H,8-10H2,1H3,(H,20,21,23);2-3H2,1H3;. The third kappa shape index (κ3) is 4.82. The summed E-state index contributed by atoms with van der Waals surface area (Å²) in [6.45, 7) is 3.98. The van der Waals surface area contributed by atoms with Crippen LogP contribution in [0.4, 0.5) is 5.69 Å². The Morgan fingerprint density at radius 2 is 1.76 bits per heavy atom. The first-order valence-electron chi connectivity index (χ1n) is 9.30. The smallest absolute Gasteiger partial charge is 0.319 e. The summed E-state index contributed by atoms with van der Waals surface area (Å²) in [7, 11) is 3.60. The van der Waals surface area contributed by atoms with Gasteiger partial charge in [-0.05, 0) is 31.0 Å². The SMILES string of the molecule is CN1CC1.COc1nc(O)c2c(n1)CN(c1cccc3cccc(Cl)c13)CC2.[Pt]. The van der Waals surface area contributed by atoms with Crippen LogP contribution in [0.3, 0.4) is 0 Å². The predicted octanol–water partition coefficient (Wildman–Crippen LogP) is 3.49. The number of aromatic hydroxyl groups is 1. The van der Waals surface area contributed by atoms with E-state index in [1.54, 1.807) is 0 Å². The molecule has 3 aromatic rings. The van der Waals surface area contributed by atoms with E-state index in [9.17, 15) is 5.11 Å². The van der Waals surface area contributed by atoms with Gasteiger partial charge in [0.25, 0.3) is 0 Å². The molecule has 29 heavy (non-hydrogen) atoms. The van der Waals surface area contributed by atoms with Crippen molar-refractivity contribution < 1.29 is 30.9 Å². The Labute approximate surface area is 189 Å². The molecule has 0 bridgehead atoms. The van der Waals surface area contributed by atoms with E-state index in [4.69, 9.17) is 16.3 Å². The van der Waals surface area contributed by atoms with E-state index in [0.717, 1.165) is 39.3 Å². The fraction of sp³-hybridized carbons (Fsp3) is 0.333. The summed E-state index contributed by atoms with van der Waals surface area (Å²) in [6.07, 6.45) is 0.673. The van der Waals surface area contributed by atoms with Gasteiger partial charge in [0.05, 0.1) is 24.4 Å². The maximum absolute atomic E-state index is 10.1. The molecule has 2 aliphatic heterocycles. The number of ether oxygens (including phenoxy) is 1. The first kappa shape index (κ1) is 21.8. The zero-order valence-electron chi connectivity index (χ0n) is 16.3. The second-order valence-corrected chi connectivity index (χ2v) is 7.46. The molecule has 6 nitrogen and oxygen atoms in total. The first-order valence-corrected chi connectivity index (χ1v) is 9.68. The molecular weight excluding hydrogens is 571 g/mol. The molecule has 3 heterocycles. The van der Waals surface area contributed by atoms with Gasteiger partial charge in [-0.1, -0.05) is 35.9 Å². The van der Waals surface area contributed by atoms with E-state index in [-0.39, 0.29) is 33.0 Å². The summed E-state index contributed by atoms with van der Waals surface area (Å²) in [6, 6.07) is 12.3. The van der Waals surface area contributed by atoms with Gasteiger partial charge in [-0.15, -0.1) is 0 Å². The van der Waals surface area contributed by atoms with Crippen molar-refractivity contribution in [3.63, 3.8) is 0 Å². The molecule has 1 saturated heterocycles. The van der Waals surface area contributed by atoms with Crippen molar-refractivity contribution in [3.05, 3.63) is 52.7 Å². The molecule has 0 amide bonds. The second kappa shape index (κ2) is 9.29. The summed E-state index contributed by atoms with van der Waals surface area (Å²) >= 11 is 6.44. The van der Waals surface area contributed by atoms with Gasteiger partial charge in [0.1, 0.15) is 0 Å². The Bertz CT molecular complexity index is 1010. The minimum absolute atomic E-state index is 0. The van der Waals surface area contributed by atoms with Crippen molar-refractivity contribution >= 4 is 28.1 Å². The average Bonchev–Trinajstić information content (AvgIpc) is 3.50. The molecule has 1 aromatic heterocycles. The van der Waals surface area contributed by atoms with E-state index in [1.165, 1.54) is 20.2 Å². The normalized spacial score (nSPS) is 15.1. The summed E-state index contributed by atoms with van der Waals surface area (Å²) in [5, 5.41) is 12.9. The Hall–Kier alpha value is -1.88. The molecule has 8 heteroatoms. The second-order valence-electron chi connectivity index (χ2n) is 7.05. The van der Waals surface area contributed by atoms with Gasteiger partial charge >= 0.3 is 6.01 Å². The van der Waals surface area contributed by atoms with Crippen LogP contribution in [0.1, 0.15) is 11.3 Å². The maximum atomic E-state index is 10.1. The Kier molecular flexibility index (Phi) is 6.99. The Morgan fingerprint density at radius 1 is 1.07 bits per heavy atom. The molecular formula is C21H23ClN4O2Pt. The number of hydrogen-bond donors (Lipinski definition) is 1. The van der Waals surface area contributed by atoms with E-state index in [2.05, 4.69) is 45.0 Å². The van der Waals surface area contributed by atoms with Gasteiger partial charge in [0.15, 0.2) is 0 Å². The fourth-order valence-corrected chi connectivity index (χ4v) is 3.60. The summed E-state index contributed by atoms with van der Waals surface area (Å²) in [5.74, 6) is 0.00690. The van der Waals surface area contributed by atoms with Crippen LogP contribution in [0.15, 0.2) is 36.4 Å². The number of likely N-dealkylation sites (N-methyl/N-ethyl adjacent to an activating group) is 1. The van der Waals surface area contributed by atoms with Gasteiger partial charge in [0.2, 0.25) is 5.88 Å². The number of hydrogen-bond acceptors (Lipinski definition) is 6. The van der Waals surface area contributed by atoms with E-state index >= 15 is 0 Å². The van der Waals surface area contributed by atoms with Gasteiger partial charge in [-0.3, -0.25) is 0 Å². The molecule has 0 saturated carbocycles. The van der Waals surface area contributed by atoms with E-state index in [0.29, 0.717) is 13.0 Å². The number of halogens is 1. The fourth-order valence-electron chi connectivity index (χ4n) is 3.33. The molecule has 0 spiro atoms. The monoisotopic (exact) mass is 593 g/mol. The quantitative estimate of drug-likeness (QED) is 0.459. The molecule has 2 aromatic carbocycles.